The number of hydrogen-bond acceptors (Lipinski definition) is 9. The average molecular weight is 416 g/mol. The maximum Gasteiger partial charge on any atom is 0.277 e. The lowest BCUT2D eigenvalue weighted by Crippen LogP contribution is -2.05. The predicted molar refractivity (Wildman–Crippen MR) is 107 cm³/mol. The van der Waals surface area contributed by atoms with Crippen LogP contribution in [0.25, 0.3) is 11.5 Å². The molecule has 0 atom stereocenters. The lowest BCUT2D eigenvalue weighted by atomic mass is 10.1. The van der Waals surface area contributed by atoms with Crippen molar-refractivity contribution >= 4 is 17.5 Å². The predicted octanol–water partition coefficient (Wildman–Crippen LogP) is 3.75. The fraction of sp³-hybridized carbons (Fsp3) is 0.250. The number of ether oxygens (including phenoxy) is 4. The number of rotatable bonds is 9. The number of aromatic nitrogens is 2. The van der Waals surface area contributed by atoms with Crippen molar-refractivity contribution < 1.29 is 28.2 Å². The lowest BCUT2D eigenvalue weighted by Gasteiger charge is -2.09. The molecule has 3 rings (SSSR count). The van der Waals surface area contributed by atoms with Crippen molar-refractivity contribution in [1.29, 1.82) is 0 Å². The van der Waals surface area contributed by atoms with Gasteiger partial charge in [0.2, 0.25) is 0 Å². The number of Topliss-reactive ketones (excluding diaryl/α,β-unsaturated/α-hetero) is 1. The van der Waals surface area contributed by atoms with Crippen molar-refractivity contribution in [3.05, 3.63) is 42.0 Å². The zero-order valence-corrected chi connectivity index (χ0v) is 17.2. The topological polar surface area (TPSA) is 92.9 Å². The number of nitrogens with zero attached hydrogens (tertiary/aromatic N) is 2. The molecule has 0 spiro atoms. The van der Waals surface area contributed by atoms with Crippen molar-refractivity contribution in [2.75, 3.05) is 34.2 Å². The van der Waals surface area contributed by atoms with Crippen LogP contribution < -0.4 is 18.9 Å². The maximum atomic E-state index is 12.6. The minimum absolute atomic E-state index is 0.115. The molecule has 9 heteroatoms. The Balaban J connectivity index is 1.72. The van der Waals surface area contributed by atoms with Crippen LogP contribution in [-0.4, -0.2) is 50.2 Å². The number of ketones is 1. The van der Waals surface area contributed by atoms with Crippen LogP contribution >= 0.6 is 11.8 Å². The summed E-state index contributed by atoms with van der Waals surface area (Å²) in [6.45, 7) is 0. The van der Waals surface area contributed by atoms with Crippen LogP contribution in [0.1, 0.15) is 10.4 Å². The summed E-state index contributed by atoms with van der Waals surface area (Å²) >= 11 is 1.15. The van der Waals surface area contributed by atoms with Gasteiger partial charge in [-0.3, -0.25) is 4.79 Å². The van der Waals surface area contributed by atoms with Gasteiger partial charge in [0.25, 0.3) is 11.1 Å². The molecule has 0 aliphatic heterocycles. The Hall–Kier alpha value is -3.20. The molecule has 0 saturated carbocycles. The van der Waals surface area contributed by atoms with E-state index in [4.69, 9.17) is 23.4 Å². The molecule has 0 unspecified atom stereocenters. The summed E-state index contributed by atoms with van der Waals surface area (Å²) in [6, 6.07) is 10.3. The van der Waals surface area contributed by atoms with Crippen LogP contribution in [0.2, 0.25) is 0 Å². The third-order valence-corrected chi connectivity index (χ3v) is 4.90. The quantitative estimate of drug-likeness (QED) is 0.382. The minimum Gasteiger partial charge on any atom is -0.497 e. The molecule has 29 heavy (non-hydrogen) atoms. The molecule has 0 aliphatic rings. The van der Waals surface area contributed by atoms with E-state index in [1.165, 1.54) is 7.11 Å². The van der Waals surface area contributed by atoms with Gasteiger partial charge in [0.15, 0.2) is 5.78 Å². The van der Waals surface area contributed by atoms with Crippen molar-refractivity contribution in [1.82, 2.24) is 10.2 Å². The molecule has 8 nitrogen and oxygen atoms in total. The van der Waals surface area contributed by atoms with Crippen LogP contribution in [-0.2, 0) is 0 Å². The van der Waals surface area contributed by atoms with Gasteiger partial charge in [0.05, 0.1) is 45.3 Å². The molecule has 152 valence electrons. The summed E-state index contributed by atoms with van der Waals surface area (Å²) in [5, 5.41) is 8.33. The highest BCUT2D eigenvalue weighted by atomic mass is 32.2. The Labute approximate surface area is 172 Å². The summed E-state index contributed by atoms with van der Waals surface area (Å²) in [4.78, 5) is 12.6. The van der Waals surface area contributed by atoms with E-state index in [0.29, 0.717) is 40.0 Å². The van der Waals surface area contributed by atoms with Gasteiger partial charge in [-0.05, 0) is 24.3 Å². The van der Waals surface area contributed by atoms with E-state index in [2.05, 4.69) is 10.2 Å². The normalized spacial score (nSPS) is 10.5. The molecule has 0 bridgehead atoms. The molecule has 0 saturated heterocycles. The smallest absolute Gasteiger partial charge is 0.277 e. The summed E-state index contributed by atoms with van der Waals surface area (Å²) in [5.74, 6) is 2.54. The first-order chi connectivity index (χ1) is 14.1. The van der Waals surface area contributed by atoms with Crippen LogP contribution in [0.15, 0.2) is 46.0 Å². The van der Waals surface area contributed by atoms with E-state index in [1.807, 2.05) is 0 Å². The Morgan fingerprint density at radius 2 is 1.55 bits per heavy atom. The standard InChI is InChI=1S/C20H20N2O6S/c1-24-12-5-7-14(17(9-12)26-3)16(23)11-29-20-22-21-19(28-20)15-8-6-13(25-2)10-18(15)27-4/h5-10H,11H2,1-4H3. The zero-order valence-electron chi connectivity index (χ0n) is 16.4. The Kier molecular flexibility index (Phi) is 6.61. The molecule has 3 aromatic rings. The van der Waals surface area contributed by atoms with E-state index in [9.17, 15) is 4.79 Å². The van der Waals surface area contributed by atoms with Crippen LogP contribution in [0.5, 0.6) is 23.0 Å². The van der Waals surface area contributed by atoms with Gasteiger partial charge in [0, 0.05) is 12.1 Å². The van der Waals surface area contributed by atoms with E-state index in [-0.39, 0.29) is 16.8 Å². The maximum absolute atomic E-state index is 12.6. The molecular weight excluding hydrogens is 396 g/mol. The average Bonchev–Trinajstić information content (AvgIpc) is 3.25. The number of carbonyl (C=O) groups is 1. The third-order valence-electron chi connectivity index (χ3n) is 4.08. The highest BCUT2D eigenvalue weighted by Crippen LogP contribution is 2.34. The fourth-order valence-electron chi connectivity index (χ4n) is 2.59. The molecule has 0 N–H and O–H groups in total. The van der Waals surface area contributed by atoms with Crippen molar-refractivity contribution in [3.8, 4) is 34.5 Å². The van der Waals surface area contributed by atoms with Crippen LogP contribution in [0, 0.1) is 0 Å². The lowest BCUT2D eigenvalue weighted by molar-refractivity contribution is 0.101. The summed E-state index contributed by atoms with van der Waals surface area (Å²) in [5.41, 5.74) is 1.09. The van der Waals surface area contributed by atoms with Gasteiger partial charge in [-0.15, -0.1) is 10.2 Å². The fourth-order valence-corrected chi connectivity index (χ4v) is 3.23. The first-order valence-corrected chi connectivity index (χ1v) is 9.52. The first-order valence-electron chi connectivity index (χ1n) is 8.53. The molecular formula is C20H20N2O6S. The van der Waals surface area contributed by atoms with Gasteiger partial charge in [-0.1, -0.05) is 11.8 Å². The van der Waals surface area contributed by atoms with Gasteiger partial charge in [-0.25, -0.2) is 0 Å². The van der Waals surface area contributed by atoms with E-state index in [1.54, 1.807) is 57.7 Å². The molecule has 1 heterocycles. The van der Waals surface area contributed by atoms with Crippen molar-refractivity contribution in [3.63, 3.8) is 0 Å². The number of hydrogen-bond donors (Lipinski definition) is 0. The summed E-state index contributed by atoms with van der Waals surface area (Å²) in [6.07, 6.45) is 0. The molecule has 0 fully saturated rings. The van der Waals surface area contributed by atoms with Gasteiger partial charge >= 0.3 is 0 Å². The van der Waals surface area contributed by atoms with E-state index >= 15 is 0 Å². The number of thioether (sulfide) groups is 1. The number of benzene rings is 2. The molecule has 0 amide bonds. The zero-order chi connectivity index (χ0) is 20.8. The monoisotopic (exact) mass is 416 g/mol. The molecule has 1 aromatic heterocycles. The van der Waals surface area contributed by atoms with Crippen LogP contribution in [0.4, 0.5) is 0 Å². The third kappa shape index (κ3) is 4.62. The van der Waals surface area contributed by atoms with Gasteiger partial charge in [0.1, 0.15) is 23.0 Å². The Bertz CT molecular complexity index is 1000. The minimum atomic E-state index is -0.128. The second kappa shape index (κ2) is 9.33. The second-order valence-corrected chi connectivity index (χ2v) is 6.64. The van der Waals surface area contributed by atoms with Gasteiger partial charge < -0.3 is 23.4 Å². The molecule has 0 radical (unpaired) electrons. The highest BCUT2D eigenvalue weighted by molar-refractivity contribution is 7.99. The molecule has 0 aliphatic carbocycles. The summed E-state index contributed by atoms with van der Waals surface area (Å²) < 4.78 is 26.7. The highest BCUT2D eigenvalue weighted by Gasteiger charge is 2.18. The second-order valence-electron chi connectivity index (χ2n) is 5.72. The first kappa shape index (κ1) is 20.5. The Morgan fingerprint density at radius 3 is 2.21 bits per heavy atom. The summed E-state index contributed by atoms with van der Waals surface area (Å²) in [7, 11) is 6.18. The number of carbonyl (C=O) groups excluding carboxylic acids is 1. The molecule has 2 aromatic carbocycles. The largest absolute Gasteiger partial charge is 0.497 e. The van der Waals surface area contributed by atoms with Crippen molar-refractivity contribution in [2.24, 2.45) is 0 Å². The SMILES string of the molecule is COc1ccc(C(=O)CSc2nnc(-c3ccc(OC)cc3OC)o2)c(OC)c1. The van der Waals surface area contributed by atoms with Crippen molar-refractivity contribution in [2.45, 2.75) is 5.22 Å². The van der Waals surface area contributed by atoms with E-state index in [0.717, 1.165) is 11.8 Å². The Morgan fingerprint density at radius 1 is 0.897 bits per heavy atom. The number of methoxy groups -OCH3 is 4. The van der Waals surface area contributed by atoms with E-state index < -0.39 is 0 Å². The van der Waals surface area contributed by atoms with Gasteiger partial charge in [-0.2, -0.15) is 0 Å². The van der Waals surface area contributed by atoms with Crippen LogP contribution in [0.3, 0.4) is 0 Å².